The molecule has 2 rings (SSSR count). The van der Waals surface area contributed by atoms with Crippen LogP contribution in [-0.4, -0.2) is 42.7 Å². The number of carboxylic acid groups (broad SMARTS) is 1. The molecule has 1 fully saturated rings. The Balaban J connectivity index is 1.97. The first kappa shape index (κ1) is 13.9. The molecule has 0 aromatic heterocycles. The molecule has 1 aliphatic heterocycles. The molecule has 0 spiro atoms. The fourth-order valence-electron chi connectivity index (χ4n) is 2.77. The van der Waals surface area contributed by atoms with E-state index in [9.17, 15) is 4.79 Å². The van der Waals surface area contributed by atoms with Crippen molar-refractivity contribution >= 4 is 5.97 Å². The van der Waals surface area contributed by atoms with Crippen molar-refractivity contribution in [1.82, 2.24) is 4.90 Å². The molecule has 0 atom stereocenters. The second kappa shape index (κ2) is 6.06. The number of aliphatic carboxylic acids is 1. The van der Waals surface area contributed by atoms with E-state index in [1.807, 2.05) is 11.0 Å². The number of benzene rings is 1. The highest BCUT2D eigenvalue weighted by Crippen LogP contribution is 2.30. The van der Waals surface area contributed by atoms with Crippen LogP contribution in [0.2, 0.25) is 0 Å². The van der Waals surface area contributed by atoms with Crippen LogP contribution in [0.3, 0.4) is 0 Å². The van der Waals surface area contributed by atoms with E-state index in [0.717, 1.165) is 37.2 Å². The molecule has 1 aromatic rings. The Morgan fingerprint density at radius 3 is 2.63 bits per heavy atom. The van der Waals surface area contributed by atoms with E-state index in [1.165, 1.54) is 5.56 Å². The Morgan fingerprint density at radius 1 is 1.42 bits per heavy atom. The summed E-state index contributed by atoms with van der Waals surface area (Å²) in [6.45, 7) is 3.94. The zero-order valence-corrected chi connectivity index (χ0v) is 11.6. The Labute approximate surface area is 114 Å². The highest BCUT2D eigenvalue weighted by molar-refractivity contribution is 5.69. The molecule has 104 valence electrons. The Bertz CT molecular complexity index is 451. The molecule has 1 N–H and O–H groups in total. The minimum atomic E-state index is -0.737. The molecule has 0 radical (unpaired) electrons. The maximum atomic E-state index is 10.7. The zero-order valence-electron chi connectivity index (χ0n) is 11.6. The molecule has 1 saturated heterocycles. The van der Waals surface area contributed by atoms with Crippen molar-refractivity contribution < 1.29 is 14.6 Å². The Hall–Kier alpha value is -1.55. The van der Waals surface area contributed by atoms with Crippen molar-refractivity contribution in [3.63, 3.8) is 0 Å². The molecule has 4 nitrogen and oxygen atoms in total. The van der Waals surface area contributed by atoms with E-state index < -0.39 is 5.97 Å². The number of rotatable bonds is 4. The van der Waals surface area contributed by atoms with Crippen LogP contribution in [0.5, 0.6) is 5.75 Å². The topological polar surface area (TPSA) is 49.8 Å². The predicted molar refractivity (Wildman–Crippen MR) is 73.8 cm³/mol. The van der Waals surface area contributed by atoms with Crippen LogP contribution in [0.4, 0.5) is 0 Å². The van der Waals surface area contributed by atoms with Gasteiger partial charge >= 0.3 is 5.97 Å². The molecule has 1 heterocycles. The number of aryl methyl sites for hydroxylation is 1. The van der Waals surface area contributed by atoms with Crippen molar-refractivity contribution in [3.05, 3.63) is 29.3 Å². The predicted octanol–water partition coefficient (Wildman–Crippen LogP) is 2.27. The van der Waals surface area contributed by atoms with Crippen LogP contribution in [-0.2, 0) is 4.79 Å². The number of ether oxygens (including phenoxy) is 1. The summed E-state index contributed by atoms with van der Waals surface area (Å²) in [7, 11) is 1.69. The lowest BCUT2D eigenvalue weighted by molar-refractivity contribution is -0.138. The molecule has 0 amide bonds. The van der Waals surface area contributed by atoms with Gasteiger partial charge in [0.05, 0.1) is 13.7 Å². The van der Waals surface area contributed by atoms with Gasteiger partial charge in [-0.25, -0.2) is 0 Å². The number of piperidine rings is 1. The maximum absolute atomic E-state index is 10.7. The van der Waals surface area contributed by atoms with E-state index in [0.29, 0.717) is 5.92 Å². The van der Waals surface area contributed by atoms with Crippen molar-refractivity contribution in [1.29, 1.82) is 0 Å². The van der Waals surface area contributed by atoms with Crippen LogP contribution in [0.25, 0.3) is 0 Å². The minimum Gasteiger partial charge on any atom is -0.496 e. The molecular weight excluding hydrogens is 242 g/mol. The number of likely N-dealkylation sites (tertiary alicyclic amines) is 1. The van der Waals surface area contributed by atoms with Gasteiger partial charge in [0.25, 0.3) is 0 Å². The number of hydrogen-bond donors (Lipinski definition) is 1. The van der Waals surface area contributed by atoms with Gasteiger partial charge in [-0.15, -0.1) is 0 Å². The third kappa shape index (κ3) is 3.47. The average Bonchev–Trinajstić information content (AvgIpc) is 2.39. The van der Waals surface area contributed by atoms with Gasteiger partial charge in [-0.2, -0.15) is 0 Å². The molecule has 4 heteroatoms. The van der Waals surface area contributed by atoms with Gasteiger partial charge in [0.2, 0.25) is 0 Å². The van der Waals surface area contributed by atoms with E-state index in [4.69, 9.17) is 9.84 Å². The summed E-state index contributed by atoms with van der Waals surface area (Å²) in [5.41, 5.74) is 2.50. The first-order valence-electron chi connectivity index (χ1n) is 6.69. The molecule has 1 aliphatic rings. The lowest BCUT2D eigenvalue weighted by Gasteiger charge is -2.31. The summed E-state index contributed by atoms with van der Waals surface area (Å²) >= 11 is 0. The van der Waals surface area contributed by atoms with Crippen molar-refractivity contribution in [2.24, 2.45) is 0 Å². The van der Waals surface area contributed by atoms with Gasteiger partial charge in [-0.1, -0.05) is 12.1 Å². The maximum Gasteiger partial charge on any atom is 0.317 e. The van der Waals surface area contributed by atoms with Crippen LogP contribution in [0, 0.1) is 6.92 Å². The number of hydrogen-bond acceptors (Lipinski definition) is 3. The highest BCUT2D eigenvalue weighted by Gasteiger charge is 2.22. The summed E-state index contributed by atoms with van der Waals surface area (Å²) < 4.78 is 5.27. The number of carbonyl (C=O) groups is 1. The summed E-state index contributed by atoms with van der Waals surface area (Å²) in [5.74, 6) is 0.723. The summed E-state index contributed by atoms with van der Waals surface area (Å²) in [4.78, 5) is 12.7. The normalized spacial score (nSPS) is 17.4. The molecule has 19 heavy (non-hydrogen) atoms. The highest BCUT2D eigenvalue weighted by atomic mass is 16.5. The third-order valence-electron chi connectivity index (χ3n) is 3.84. The standard InChI is InChI=1S/C15H21NO3/c1-11-9-13(3-4-14(11)19-2)12-5-7-16(8-6-12)10-15(17)18/h3-4,9,12H,5-8,10H2,1-2H3,(H,17,18). The van der Waals surface area contributed by atoms with E-state index >= 15 is 0 Å². The largest absolute Gasteiger partial charge is 0.496 e. The molecule has 0 bridgehead atoms. The van der Waals surface area contributed by atoms with Crippen molar-refractivity contribution in [2.75, 3.05) is 26.7 Å². The molecular formula is C15H21NO3. The summed E-state index contributed by atoms with van der Waals surface area (Å²) in [6, 6.07) is 6.34. The van der Waals surface area contributed by atoms with E-state index in [-0.39, 0.29) is 6.54 Å². The first-order valence-corrected chi connectivity index (χ1v) is 6.69. The minimum absolute atomic E-state index is 0.161. The molecule has 0 unspecified atom stereocenters. The van der Waals surface area contributed by atoms with Gasteiger partial charge in [-0.3, -0.25) is 9.69 Å². The second-order valence-corrected chi connectivity index (χ2v) is 5.17. The Morgan fingerprint density at radius 2 is 2.11 bits per heavy atom. The first-order chi connectivity index (χ1) is 9.10. The zero-order chi connectivity index (χ0) is 13.8. The van der Waals surface area contributed by atoms with E-state index in [2.05, 4.69) is 19.1 Å². The van der Waals surface area contributed by atoms with Crippen LogP contribution in [0.15, 0.2) is 18.2 Å². The number of nitrogens with zero attached hydrogens (tertiary/aromatic N) is 1. The summed E-state index contributed by atoms with van der Waals surface area (Å²) in [6.07, 6.45) is 2.05. The number of carboxylic acids is 1. The van der Waals surface area contributed by atoms with Gasteiger partial charge in [0, 0.05) is 0 Å². The SMILES string of the molecule is COc1ccc(C2CCN(CC(=O)O)CC2)cc1C. The van der Waals surface area contributed by atoms with Gasteiger partial charge < -0.3 is 9.84 Å². The molecule has 0 aliphatic carbocycles. The number of methoxy groups -OCH3 is 1. The molecule has 1 aromatic carbocycles. The lowest BCUT2D eigenvalue weighted by atomic mass is 9.88. The fourth-order valence-corrected chi connectivity index (χ4v) is 2.77. The van der Waals surface area contributed by atoms with Crippen molar-refractivity contribution in [3.8, 4) is 5.75 Å². The van der Waals surface area contributed by atoms with Crippen LogP contribution >= 0.6 is 0 Å². The molecule has 0 saturated carbocycles. The third-order valence-corrected chi connectivity index (χ3v) is 3.84. The quantitative estimate of drug-likeness (QED) is 0.905. The Kier molecular flexibility index (Phi) is 4.43. The summed E-state index contributed by atoms with van der Waals surface area (Å²) in [5, 5.41) is 8.79. The van der Waals surface area contributed by atoms with E-state index in [1.54, 1.807) is 7.11 Å². The van der Waals surface area contributed by atoms with Crippen LogP contribution in [0.1, 0.15) is 29.9 Å². The van der Waals surface area contributed by atoms with Gasteiger partial charge in [0.15, 0.2) is 0 Å². The smallest absolute Gasteiger partial charge is 0.317 e. The lowest BCUT2D eigenvalue weighted by Crippen LogP contribution is -2.36. The van der Waals surface area contributed by atoms with Crippen LogP contribution < -0.4 is 4.74 Å². The fraction of sp³-hybridized carbons (Fsp3) is 0.533. The van der Waals surface area contributed by atoms with Crippen molar-refractivity contribution in [2.45, 2.75) is 25.7 Å². The second-order valence-electron chi connectivity index (χ2n) is 5.17. The van der Waals surface area contributed by atoms with Gasteiger partial charge in [-0.05, 0) is 56.0 Å². The average molecular weight is 263 g/mol. The van der Waals surface area contributed by atoms with Gasteiger partial charge in [0.1, 0.15) is 5.75 Å². The monoisotopic (exact) mass is 263 g/mol.